The number of amides is 2. The standard InChI is InChI=1S/C9H16F3N3O/c10-9(11,12)3-4-14-7-1-5-15(6-2-7)8(13)16/h7,14H,1-6H2,(H2,13,16). The summed E-state index contributed by atoms with van der Waals surface area (Å²) in [4.78, 5) is 12.3. The lowest BCUT2D eigenvalue weighted by Gasteiger charge is -2.31. The third kappa shape index (κ3) is 4.69. The van der Waals surface area contributed by atoms with Crippen molar-refractivity contribution in [3.63, 3.8) is 0 Å². The Morgan fingerprint density at radius 1 is 1.38 bits per heavy atom. The lowest BCUT2D eigenvalue weighted by Crippen LogP contribution is -2.47. The van der Waals surface area contributed by atoms with Gasteiger partial charge < -0.3 is 16.0 Å². The SMILES string of the molecule is NC(=O)N1CCC(NCCC(F)(F)F)CC1. The van der Waals surface area contributed by atoms with Gasteiger partial charge in [0.25, 0.3) is 0 Å². The van der Waals surface area contributed by atoms with Crippen LogP contribution in [0.1, 0.15) is 19.3 Å². The second kappa shape index (κ2) is 5.38. The fourth-order valence-corrected chi connectivity index (χ4v) is 1.72. The molecule has 0 radical (unpaired) electrons. The van der Waals surface area contributed by atoms with Gasteiger partial charge in [0.2, 0.25) is 0 Å². The summed E-state index contributed by atoms with van der Waals surface area (Å²) in [6.07, 6.45) is -3.62. The Hall–Kier alpha value is -0.980. The van der Waals surface area contributed by atoms with E-state index in [0.717, 1.165) is 0 Å². The van der Waals surface area contributed by atoms with Gasteiger partial charge in [-0.1, -0.05) is 0 Å². The van der Waals surface area contributed by atoms with E-state index in [2.05, 4.69) is 5.32 Å². The molecule has 0 aromatic heterocycles. The van der Waals surface area contributed by atoms with Crippen LogP contribution in [-0.4, -0.2) is 42.8 Å². The Labute approximate surface area is 92.0 Å². The van der Waals surface area contributed by atoms with Gasteiger partial charge in [-0.15, -0.1) is 0 Å². The van der Waals surface area contributed by atoms with Crippen molar-refractivity contribution in [2.45, 2.75) is 31.5 Å². The number of halogens is 3. The number of rotatable bonds is 3. The van der Waals surface area contributed by atoms with Gasteiger partial charge in [0.1, 0.15) is 0 Å². The van der Waals surface area contributed by atoms with Crippen LogP contribution >= 0.6 is 0 Å². The van der Waals surface area contributed by atoms with E-state index < -0.39 is 18.6 Å². The minimum atomic E-state index is -4.11. The summed E-state index contributed by atoms with van der Waals surface area (Å²) in [5.41, 5.74) is 5.09. The lowest BCUT2D eigenvalue weighted by molar-refractivity contribution is -0.133. The number of likely N-dealkylation sites (tertiary alicyclic amines) is 1. The largest absolute Gasteiger partial charge is 0.390 e. The Morgan fingerprint density at radius 3 is 2.38 bits per heavy atom. The first-order valence-corrected chi connectivity index (χ1v) is 5.23. The third-order valence-electron chi connectivity index (χ3n) is 2.65. The van der Waals surface area contributed by atoms with Crippen molar-refractivity contribution in [3.8, 4) is 0 Å². The van der Waals surface area contributed by atoms with E-state index in [0.29, 0.717) is 25.9 Å². The molecule has 7 heteroatoms. The van der Waals surface area contributed by atoms with Crippen molar-refractivity contribution in [2.24, 2.45) is 5.73 Å². The summed E-state index contributed by atoms with van der Waals surface area (Å²) in [5.74, 6) is 0. The van der Waals surface area contributed by atoms with Crippen molar-refractivity contribution < 1.29 is 18.0 Å². The van der Waals surface area contributed by atoms with E-state index >= 15 is 0 Å². The number of alkyl halides is 3. The number of piperidine rings is 1. The van der Waals surface area contributed by atoms with Crippen LogP contribution in [0.4, 0.5) is 18.0 Å². The molecule has 2 amide bonds. The number of primary amides is 1. The Balaban J connectivity index is 2.15. The quantitative estimate of drug-likeness (QED) is 0.774. The highest BCUT2D eigenvalue weighted by atomic mass is 19.4. The molecule has 1 aliphatic rings. The van der Waals surface area contributed by atoms with E-state index in [4.69, 9.17) is 5.73 Å². The second-order valence-electron chi connectivity index (χ2n) is 3.92. The van der Waals surface area contributed by atoms with Crippen molar-refractivity contribution in [1.29, 1.82) is 0 Å². The molecule has 1 fully saturated rings. The van der Waals surface area contributed by atoms with E-state index in [9.17, 15) is 18.0 Å². The summed E-state index contributed by atoms with van der Waals surface area (Å²) in [6, 6.07) is -0.410. The Bertz CT molecular complexity index is 237. The maximum Gasteiger partial charge on any atom is 0.390 e. The molecule has 94 valence electrons. The van der Waals surface area contributed by atoms with Crippen LogP contribution in [0.2, 0.25) is 0 Å². The summed E-state index contributed by atoms with van der Waals surface area (Å²) in [7, 11) is 0. The molecular weight excluding hydrogens is 223 g/mol. The maximum atomic E-state index is 11.9. The average Bonchev–Trinajstić information content (AvgIpc) is 2.16. The lowest BCUT2D eigenvalue weighted by atomic mass is 10.1. The zero-order chi connectivity index (χ0) is 12.2. The average molecular weight is 239 g/mol. The first-order chi connectivity index (χ1) is 7.38. The van der Waals surface area contributed by atoms with Crippen LogP contribution in [0, 0.1) is 0 Å². The fraction of sp³-hybridized carbons (Fsp3) is 0.889. The number of nitrogens with zero attached hydrogens (tertiary/aromatic N) is 1. The van der Waals surface area contributed by atoms with Crippen molar-refractivity contribution in [3.05, 3.63) is 0 Å². The molecular formula is C9H16F3N3O. The molecule has 1 rings (SSSR count). The van der Waals surface area contributed by atoms with E-state index in [-0.39, 0.29) is 12.6 Å². The molecule has 0 saturated carbocycles. The van der Waals surface area contributed by atoms with Gasteiger partial charge in [-0.25, -0.2) is 4.79 Å². The molecule has 0 aromatic carbocycles. The maximum absolute atomic E-state index is 11.9. The minimum Gasteiger partial charge on any atom is -0.351 e. The van der Waals surface area contributed by atoms with Crippen LogP contribution in [0.25, 0.3) is 0 Å². The fourth-order valence-electron chi connectivity index (χ4n) is 1.72. The molecule has 16 heavy (non-hydrogen) atoms. The Morgan fingerprint density at radius 2 is 1.94 bits per heavy atom. The zero-order valence-corrected chi connectivity index (χ0v) is 8.89. The van der Waals surface area contributed by atoms with Crippen molar-refractivity contribution in [2.75, 3.05) is 19.6 Å². The van der Waals surface area contributed by atoms with E-state index in [1.807, 2.05) is 0 Å². The monoisotopic (exact) mass is 239 g/mol. The molecule has 0 bridgehead atoms. The van der Waals surface area contributed by atoms with Crippen LogP contribution in [-0.2, 0) is 0 Å². The van der Waals surface area contributed by atoms with Gasteiger partial charge in [0, 0.05) is 25.7 Å². The van der Waals surface area contributed by atoms with Gasteiger partial charge in [-0.05, 0) is 12.8 Å². The normalized spacial score (nSPS) is 18.8. The molecule has 1 heterocycles. The zero-order valence-electron chi connectivity index (χ0n) is 8.89. The predicted molar refractivity (Wildman–Crippen MR) is 52.9 cm³/mol. The highest BCUT2D eigenvalue weighted by Gasteiger charge is 2.27. The van der Waals surface area contributed by atoms with Crippen LogP contribution < -0.4 is 11.1 Å². The molecule has 0 spiro atoms. The van der Waals surface area contributed by atoms with E-state index in [1.54, 1.807) is 0 Å². The summed E-state index contributed by atoms with van der Waals surface area (Å²) < 4.78 is 35.6. The predicted octanol–water partition coefficient (Wildman–Crippen LogP) is 1.07. The number of nitrogens with two attached hydrogens (primary N) is 1. The number of urea groups is 1. The second-order valence-corrected chi connectivity index (χ2v) is 3.92. The highest BCUT2D eigenvalue weighted by Crippen LogP contribution is 2.19. The molecule has 0 unspecified atom stereocenters. The Kier molecular flexibility index (Phi) is 4.40. The molecule has 0 aromatic rings. The number of carbonyl (C=O) groups excluding carboxylic acids is 1. The van der Waals surface area contributed by atoms with Gasteiger partial charge in [0.15, 0.2) is 0 Å². The highest BCUT2D eigenvalue weighted by molar-refractivity contribution is 5.72. The molecule has 3 N–H and O–H groups in total. The van der Waals surface area contributed by atoms with Gasteiger partial charge in [-0.2, -0.15) is 13.2 Å². The van der Waals surface area contributed by atoms with Crippen LogP contribution in [0.5, 0.6) is 0 Å². The first-order valence-electron chi connectivity index (χ1n) is 5.23. The first kappa shape index (κ1) is 13.1. The van der Waals surface area contributed by atoms with Crippen molar-refractivity contribution >= 4 is 6.03 Å². The number of hydrogen-bond donors (Lipinski definition) is 2. The number of carbonyl (C=O) groups is 1. The third-order valence-corrected chi connectivity index (χ3v) is 2.65. The topological polar surface area (TPSA) is 58.4 Å². The smallest absolute Gasteiger partial charge is 0.351 e. The van der Waals surface area contributed by atoms with Crippen LogP contribution in [0.3, 0.4) is 0 Å². The minimum absolute atomic E-state index is 0.0537. The van der Waals surface area contributed by atoms with Gasteiger partial charge in [0.05, 0.1) is 6.42 Å². The van der Waals surface area contributed by atoms with Crippen molar-refractivity contribution in [1.82, 2.24) is 10.2 Å². The molecule has 1 saturated heterocycles. The summed E-state index contributed by atoms with van der Waals surface area (Å²) in [5, 5.41) is 2.84. The molecule has 4 nitrogen and oxygen atoms in total. The number of hydrogen-bond acceptors (Lipinski definition) is 2. The molecule has 0 aliphatic carbocycles. The van der Waals surface area contributed by atoms with Gasteiger partial charge in [-0.3, -0.25) is 0 Å². The van der Waals surface area contributed by atoms with Gasteiger partial charge >= 0.3 is 12.2 Å². The number of nitrogens with one attached hydrogen (secondary N) is 1. The summed E-state index contributed by atoms with van der Waals surface area (Å²) in [6.45, 7) is 0.961. The summed E-state index contributed by atoms with van der Waals surface area (Å²) >= 11 is 0. The van der Waals surface area contributed by atoms with Crippen LogP contribution in [0.15, 0.2) is 0 Å². The molecule has 1 aliphatic heterocycles. The molecule has 0 atom stereocenters. The van der Waals surface area contributed by atoms with E-state index in [1.165, 1.54) is 4.90 Å².